The summed E-state index contributed by atoms with van der Waals surface area (Å²) in [6.07, 6.45) is 1.01. The maximum atomic E-state index is 13.9. The summed E-state index contributed by atoms with van der Waals surface area (Å²) < 4.78 is 20.2. The predicted octanol–water partition coefficient (Wildman–Crippen LogP) is 5.39. The van der Waals surface area contributed by atoms with E-state index in [1.54, 1.807) is 19.1 Å². The first kappa shape index (κ1) is 16.1. The molecule has 0 radical (unpaired) electrons. The zero-order valence-electron chi connectivity index (χ0n) is 11.8. The molecule has 0 spiro atoms. The monoisotopic (exact) mass is 371 g/mol. The highest BCUT2D eigenvalue weighted by atomic mass is 79.9. The third-order valence-electron chi connectivity index (χ3n) is 3.75. The van der Waals surface area contributed by atoms with Crippen molar-refractivity contribution in [3.05, 3.63) is 51.2 Å². The van der Waals surface area contributed by atoms with E-state index in [1.165, 1.54) is 11.3 Å². The first-order chi connectivity index (χ1) is 9.58. The number of benzene rings is 2. The first-order valence-corrected chi connectivity index (χ1v) is 7.36. The molecule has 0 fully saturated rings. The summed E-state index contributed by atoms with van der Waals surface area (Å²) in [4.78, 5) is 0. The molecule has 1 N–H and O–H groups in total. The van der Waals surface area contributed by atoms with Gasteiger partial charge in [0, 0.05) is 17.8 Å². The van der Waals surface area contributed by atoms with E-state index in [0.29, 0.717) is 15.8 Å². The van der Waals surface area contributed by atoms with Gasteiger partial charge >= 0.3 is 0 Å². The quantitative estimate of drug-likeness (QED) is 0.763. The van der Waals surface area contributed by atoms with Gasteiger partial charge in [-0.25, -0.2) is 4.39 Å². The van der Waals surface area contributed by atoms with Crippen molar-refractivity contribution in [1.29, 1.82) is 0 Å². The largest absolute Gasteiger partial charge is 0.457 e. The van der Waals surface area contributed by atoms with E-state index in [2.05, 4.69) is 21.2 Å². The van der Waals surface area contributed by atoms with Crippen LogP contribution in [0.15, 0.2) is 28.7 Å². The van der Waals surface area contributed by atoms with Crippen LogP contribution in [0.5, 0.6) is 11.5 Å². The SMILES string of the molecule is Cc1c(Oc2ccc3c(c2C)CCN3)ccc(Br)c1F.Cl. The molecule has 2 nitrogen and oxygen atoms in total. The van der Waals surface area contributed by atoms with Gasteiger partial charge < -0.3 is 10.1 Å². The number of halogens is 3. The molecule has 3 rings (SSSR count). The molecule has 1 aliphatic heterocycles. The molecule has 0 unspecified atom stereocenters. The van der Waals surface area contributed by atoms with Crippen molar-refractivity contribution >= 4 is 34.0 Å². The molecular weight excluding hydrogens is 357 g/mol. The zero-order chi connectivity index (χ0) is 14.3. The van der Waals surface area contributed by atoms with E-state index in [-0.39, 0.29) is 18.2 Å². The fourth-order valence-electron chi connectivity index (χ4n) is 2.52. The Morgan fingerprint density at radius 2 is 1.76 bits per heavy atom. The topological polar surface area (TPSA) is 21.3 Å². The van der Waals surface area contributed by atoms with Crippen molar-refractivity contribution in [2.75, 3.05) is 11.9 Å². The summed E-state index contributed by atoms with van der Waals surface area (Å²) >= 11 is 3.18. The second-order valence-electron chi connectivity index (χ2n) is 4.98. The van der Waals surface area contributed by atoms with Crippen molar-refractivity contribution in [3.63, 3.8) is 0 Å². The fraction of sp³-hybridized carbons (Fsp3) is 0.250. The number of nitrogens with one attached hydrogen (secondary N) is 1. The van der Waals surface area contributed by atoms with Crippen molar-refractivity contribution in [3.8, 4) is 11.5 Å². The Morgan fingerprint density at radius 3 is 2.52 bits per heavy atom. The average molecular weight is 373 g/mol. The molecule has 2 aromatic carbocycles. The van der Waals surface area contributed by atoms with E-state index in [4.69, 9.17) is 4.74 Å². The van der Waals surface area contributed by atoms with Crippen LogP contribution in [0, 0.1) is 19.7 Å². The molecule has 21 heavy (non-hydrogen) atoms. The highest BCUT2D eigenvalue weighted by Gasteiger charge is 2.17. The summed E-state index contributed by atoms with van der Waals surface area (Å²) in [6.45, 7) is 4.73. The van der Waals surface area contributed by atoms with Crippen LogP contribution in [0.1, 0.15) is 16.7 Å². The molecule has 0 amide bonds. The third-order valence-corrected chi connectivity index (χ3v) is 4.36. The first-order valence-electron chi connectivity index (χ1n) is 6.56. The van der Waals surface area contributed by atoms with Crippen molar-refractivity contribution < 1.29 is 9.13 Å². The van der Waals surface area contributed by atoms with Gasteiger partial charge in [0.1, 0.15) is 17.3 Å². The Bertz CT molecular complexity index is 690. The molecule has 112 valence electrons. The maximum Gasteiger partial charge on any atom is 0.143 e. The van der Waals surface area contributed by atoms with Gasteiger partial charge in [-0.15, -0.1) is 12.4 Å². The number of anilines is 1. The Labute approximate surface area is 138 Å². The summed E-state index contributed by atoms with van der Waals surface area (Å²) in [5.74, 6) is 1.07. The molecule has 0 aromatic heterocycles. The lowest BCUT2D eigenvalue weighted by molar-refractivity contribution is 0.466. The lowest BCUT2D eigenvalue weighted by Gasteiger charge is -2.14. The normalized spacial score (nSPS) is 12.4. The molecule has 1 heterocycles. The van der Waals surface area contributed by atoms with Crippen LogP contribution < -0.4 is 10.1 Å². The van der Waals surface area contributed by atoms with Crippen LogP contribution in [-0.2, 0) is 6.42 Å². The minimum absolute atomic E-state index is 0. The van der Waals surface area contributed by atoms with Crippen LogP contribution in [0.25, 0.3) is 0 Å². The summed E-state index contributed by atoms with van der Waals surface area (Å²) in [5.41, 5.74) is 4.10. The van der Waals surface area contributed by atoms with Crippen LogP contribution >= 0.6 is 28.3 Å². The van der Waals surface area contributed by atoms with E-state index in [9.17, 15) is 4.39 Å². The number of ether oxygens (including phenoxy) is 1. The van der Waals surface area contributed by atoms with Crippen molar-refractivity contribution in [2.45, 2.75) is 20.3 Å². The molecule has 1 aliphatic rings. The van der Waals surface area contributed by atoms with E-state index < -0.39 is 0 Å². The van der Waals surface area contributed by atoms with Gasteiger partial charge in [-0.3, -0.25) is 0 Å². The van der Waals surface area contributed by atoms with Gasteiger partial charge in [-0.05, 0) is 71.6 Å². The molecular formula is C16H16BrClFNO. The van der Waals surface area contributed by atoms with E-state index in [0.717, 1.165) is 24.3 Å². The number of hydrogen-bond donors (Lipinski definition) is 1. The van der Waals surface area contributed by atoms with Crippen molar-refractivity contribution in [2.24, 2.45) is 0 Å². The smallest absolute Gasteiger partial charge is 0.143 e. The molecule has 5 heteroatoms. The minimum Gasteiger partial charge on any atom is -0.457 e. The van der Waals surface area contributed by atoms with Gasteiger partial charge in [0.2, 0.25) is 0 Å². The lowest BCUT2D eigenvalue weighted by Crippen LogP contribution is -1.95. The Balaban J connectivity index is 0.00000161. The molecule has 0 saturated carbocycles. The third kappa shape index (κ3) is 2.87. The fourth-order valence-corrected chi connectivity index (χ4v) is 2.95. The molecule has 0 saturated heterocycles. The number of fused-ring (bicyclic) bond motifs is 1. The standard InChI is InChI=1S/C16H15BrFNO.ClH/c1-9-11-7-8-19-13(11)4-6-14(9)20-15-5-3-12(17)16(18)10(15)2;/h3-6,19H,7-8H2,1-2H3;1H. The van der Waals surface area contributed by atoms with Crippen LogP contribution in [0.3, 0.4) is 0 Å². The van der Waals surface area contributed by atoms with Gasteiger partial charge in [-0.2, -0.15) is 0 Å². The Hall–Kier alpha value is -1.26. The summed E-state index contributed by atoms with van der Waals surface area (Å²) in [6, 6.07) is 7.41. The predicted molar refractivity (Wildman–Crippen MR) is 89.5 cm³/mol. The highest BCUT2D eigenvalue weighted by molar-refractivity contribution is 9.10. The average Bonchev–Trinajstić information content (AvgIpc) is 2.91. The van der Waals surface area contributed by atoms with Crippen LogP contribution in [0.2, 0.25) is 0 Å². The van der Waals surface area contributed by atoms with Crippen LogP contribution in [-0.4, -0.2) is 6.54 Å². The lowest BCUT2D eigenvalue weighted by atomic mass is 10.1. The second kappa shape index (κ2) is 6.24. The molecule has 0 bridgehead atoms. The van der Waals surface area contributed by atoms with Crippen molar-refractivity contribution in [1.82, 2.24) is 0 Å². The van der Waals surface area contributed by atoms with Gasteiger partial charge in [-0.1, -0.05) is 0 Å². The van der Waals surface area contributed by atoms with E-state index >= 15 is 0 Å². The summed E-state index contributed by atoms with van der Waals surface area (Å²) in [5, 5.41) is 3.34. The van der Waals surface area contributed by atoms with Crippen LogP contribution in [0.4, 0.5) is 10.1 Å². The molecule has 2 aromatic rings. The zero-order valence-corrected chi connectivity index (χ0v) is 14.2. The van der Waals surface area contributed by atoms with Gasteiger partial charge in [0.05, 0.1) is 4.47 Å². The Kier molecular flexibility index (Phi) is 4.79. The number of hydrogen-bond acceptors (Lipinski definition) is 2. The van der Waals surface area contributed by atoms with E-state index in [1.807, 2.05) is 19.1 Å². The molecule has 0 atom stereocenters. The summed E-state index contributed by atoms with van der Waals surface area (Å²) in [7, 11) is 0. The van der Waals surface area contributed by atoms with Gasteiger partial charge in [0.15, 0.2) is 0 Å². The maximum absolute atomic E-state index is 13.9. The number of rotatable bonds is 2. The minimum atomic E-state index is -0.275. The molecule has 0 aliphatic carbocycles. The second-order valence-corrected chi connectivity index (χ2v) is 5.83. The Morgan fingerprint density at radius 1 is 1.10 bits per heavy atom. The highest BCUT2D eigenvalue weighted by Crippen LogP contribution is 2.36. The van der Waals surface area contributed by atoms with Gasteiger partial charge in [0.25, 0.3) is 0 Å².